The van der Waals surface area contributed by atoms with E-state index in [1.807, 2.05) is 36.4 Å². The topological polar surface area (TPSA) is 56.1 Å². The van der Waals surface area contributed by atoms with Crippen molar-refractivity contribution in [1.82, 2.24) is 5.32 Å². The fourth-order valence-corrected chi connectivity index (χ4v) is 2.20. The number of thioether (sulfide) groups is 1. The molecule has 0 radical (unpaired) electrons. The highest BCUT2D eigenvalue weighted by Gasteiger charge is 2.11. The third-order valence-corrected chi connectivity index (χ3v) is 3.48. The summed E-state index contributed by atoms with van der Waals surface area (Å²) in [7, 11) is 3.51. The van der Waals surface area contributed by atoms with Gasteiger partial charge in [0.15, 0.2) is 0 Å². The molecule has 0 aliphatic rings. The molecule has 1 N–H and O–H groups in total. The maximum absolute atomic E-state index is 11.2. The summed E-state index contributed by atoms with van der Waals surface area (Å²) in [5.74, 6) is 0.00128. The molecular formula is C13H17N3OS. The van der Waals surface area contributed by atoms with Crippen LogP contribution in [-0.4, -0.2) is 32.8 Å². The smallest absolute Gasteiger partial charge is 0.221 e. The van der Waals surface area contributed by atoms with Gasteiger partial charge in [0.05, 0.1) is 11.3 Å². The molecule has 1 rings (SSSR count). The van der Waals surface area contributed by atoms with Crippen LogP contribution in [-0.2, 0) is 4.79 Å². The van der Waals surface area contributed by atoms with Crippen molar-refractivity contribution in [2.75, 3.05) is 31.8 Å². The highest BCUT2D eigenvalue weighted by atomic mass is 32.2. The number of nitrogens with zero attached hydrogens (tertiary/aromatic N) is 2. The molecule has 0 saturated carbocycles. The minimum Gasteiger partial charge on any atom is -0.373 e. The van der Waals surface area contributed by atoms with Gasteiger partial charge in [0, 0.05) is 32.0 Å². The van der Waals surface area contributed by atoms with Crippen LogP contribution in [0, 0.1) is 11.3 Å². The molecule has 4 nitrogen and oxygen atoms in total. The van der Waals surface area contributed by atoms with Crippen LogP contribution in [0.5, 0.6) is 0 Å². The molecule has 0 spiro atoms. The minimum absolute atomic E-state index is 0.00128. The Bertz CT molecular complexity index is 468. The SMILES string of the molecule is CNC(=O)CCN(C)c1cccc(SC)c1C#N. The summed E-state index contributed by atoms with van der Waals surface area (Å²) in [5.41, 5.74) is 1.54. The van der Waals surface area contributed by atoms with E-state index in [9.17, 15) is 10.1 Å². The number of rotatable bonds is 5. The molecule has 1 aromatic carbocycles. The van der Waals surface area contributed by atoms with Crippen molar-refractivity contribution < 1.29 is 4.79 Å². The molecule has 0 heterocycles. The van der Waals surface area contributed by atoms with Gasteiger partial charge in [0.2, 0.25) is 5.91 Å². The fraction of sp³-hybridized carbons (Fsp3) is 0.385. The number of nitrogens with one attached hydrogen (secondary N) is 1. The first-order chi connectivity index (χ1) is 8.63. The lowest BCUT2D eigenvalue weighted by Gasteiger charge is -2.21. The number of anilines is 1. The summed E-state index contributed by atoms with van der Waals surface area (Å²) >= 11 is 1.55. The first-order valence-electron chi connectivity index (χ1n) is 5.62. The summed E-state index contributed by atoms with van der Waals surface area (Å²) in [6.07, 6.45) is 2.37. The standard InChI is InChI=1S/C13H17N3OS/c1-15-13(17)7-8-16(2)11-5-4-6-12(18-3)10(11)9-14/h4-6H,7-8H2,1-3H3,(H,15,17). The summed E-state index contributed by atoms with van der Waals surface area (Å²) in [5, 5.41) is 11.8. The normalized spacial score (nSPS) is 9.67. The monoisotopic (exact) mass is 263 g/mol. The predicted molar refractivity (Wildman–Crippen MR) is 74.9 cm³/mol. The largest absolute Gasteiger partial charge is 0.373 e. The van der Waals surface area contributed by atoms with Gasteiger partial charge in [-0.3, -0.25) is 4.79 Å². The lowest BCUT2D eigenvalue weighted by molar-refractivity contribution is -0.120. The molecule has 96 valence electrons. The molecule has 0 saturated heterocycles. The van der Waals surface area contributed by atoms with Crippen molar-refractivity contribution >= 4 is 23.4 Å². The molecule has 0 unspecified atom stereocenters. The molecule has 0 aliphatic carbocycles. The lowest BCUT2D eigenvalue weighted by atomic mass is 10.1. The molecule has 0 bridgehead atoms. The van der Waals surface area contributed by atoms with Gasteiger partial charge in [-0.05, 0) is 18.4 Å². The molecule has 18 heavy (non-hydrogen) atoms. The van der Waals surface area contributed by atoms with E-state index in [2.05, 4.69) is 11.4 Å². The van der Waals surface area contributed by atoms with Crippen LogP contribution in [0.15, 0.2) is 23.1 Å². The third kappa shape index (κ3) is 3.41. The van der Waals surface area contributed by atoms with Gasteiger partial charge >= 0.3 is 0 Å². The van der Waals surface area contributed by atoms with Crippen LogP contribution in [0.3, 0.4) is 0 Å². The van der Waals surface area contributed by atoms with E-state index in [0.29, 0.717) is 18.5 Å². The molecule has 1 amide bonds. The zero-order valence-electron chi connectivity index (χ0n) is 10.9. The van der Waals surface area contributed by atoms with E-state index in [-0.39, 0.29) is 5.91 Å². The Morgan fingerprint density at radius 1 is 1.56 bits per heavy atom. The van der Waals surface area contributed by atoms with Gasteiger partial charge in [0.25, 0.3) is 0 Å². The van der Waals surface area contributed by atoms with E-state index in [0.717, 1.165) is 10.6 Å². The number of hydrogen-bond acceptors (Lipinski definition) is 4. The van der Waals surface area contributed by atoms with Gasteiger partial charge < -0.3 is 10.2 Å². The Morgan fingerprint density at radius 3 is 2.83 bits per heavy atom. The molecule has 5 heteroatoms. The van der Waals surface area contributed by atoms with Gasteiger partial charge in [-0.15, -0.1) is 11.8 Å². The van der Waals surface area contributed by atoms with E-state index >= 15 is 0 Å². The maximum Gasteiger partial charge on any atom is 0.221 e. The Morgan fingerprint density at radius 2 is 2.28 bits per heavy atom. The van der Waals surface area contributed by atoms with Crippen LogP contribution >= 0.6 is 11.8 Å². The Labute approximate surface area is 112 Å². The molecule has 0 aliphatic heterocycles. The minimum atomic E-state index is 0.00128. The second kappa shape index (κ2) is 6.92. The van der Waals surface area contributed by atoms with Crippen molar-refractivity contribution in [2.24, 2.45) is 0 Å². The van der Waals surface area contributed by atoms with E-state index < -0.39 is 0 Å². The Kier molecular flexibility index (Phi) is 5.53. The van der Waals surface area contributed by atoms with Crippen LogP contribution in [0.25, 0.3) is 0 Å². The number of benzene rings is 1. The van der Waals surface area contributed by atoms with Crippen LogP contribution in [0.4, 0.5) is 5.69 Å². The molecule has 0 aromatic heterocycles. The number of carbonyl (C=O) groups excluding carboxylic acids is 1. The maximum atomic E-state index is 11.2. The summed E-state index contributed by atoms with van der Waals surface area (Å²) in [6, 6.07) is 8.00. The highest BCUT2D eigenvalue weighted by molar-refractivity contribution is 7.98. The predicted octanol–water partition coefficient (Wildman–Crippen LogP) is 1.85. The second-order valence-electron chi connectivity index (χ2n) is 3.81. The van der Waals surface area contributed by atoms with Gasteiger partial charge in [0.1, 0.15) is 6.07 Å². The highest BCUT2D eigenvalue weighted by Crippen LogP contribution is 2.28. The average molecular weight is 263 g/mol. The average Bonchev–Trinajstić information content (AvgIpc) is 2.42. The van der Waals surface area contributed by atoms with E-state index in [1.54, 1.807) is 18.8 Å². The third-order valence-electron chi connectivity index (χ3n) is 2.70. The number of nitriles is 1. The van der Waals surface area contributed by atoms with E-state index in [4.69, 9.17) is 0 Å². The zero-order valence-corrected chi connectivity index (χ0v) is 11.7. The van der Waals surface area contributed by atoms with Crippen LogP contribution in [0.2, 0.25) is 0 Å². The van der Waals surface area contributed by atoms with Gasteiger partial charge in [-0.25, -0.2) is 0 Å². The van der Waals surface area contributed by atoms with Gasteiger partial charge in [-0.1, -0.05) is 6.07 Å². The molecule has 0 atom stereocenters. The Hall–Kier alpha value is -1.67. The molecular weight excluding hydrogens is 246 g/mol. The van der Waals surface area contributed by atoms with Crippen LogP contribution < -0.4 is 10.2 Å². The van der Waals surface area contributed by atoms with Crippen molar-refractivity contribution in [3.63, 3.8) is 0 Å². The van der Waals surface area contributed by atoms with Crippen molar-refractivity contribution in [3.05, 3.63) is 23.8 Å². The Balaban J connectivity index is 2.89. The molecule has 1 aromatic rings. The zero-order chi connectivity index (χ0) is 13.5. The van der Waals surface area contributed by atoms with Crippen LogP contribution in [0.1, 0.15) is 12.0 Å². The first-order valence-corrected chi connectivity index (χ1v) is 6.85. The van der Waals surface area contributed by atoms with E-state index in [1.165, 1.54) is 0 Å². The number of amides is 1. The quantitative estimate of drug-likeness (QED) is 0.824. The van der Waals surface area contributed by atoms with Crippen molar-refractivity contribution in [1.29, 1.82) is 5.26 Å². The van der Waals surface area contributed by atoms with Gasteiger partial charge in [-0.2, -0.15) is 5.26 Å². The second-order valence-corrected chi connectivity index (χ2v) is 4.66. The number of carbonyl (C=O) groups is 1. The molecule has 0 fully saturated rings. The first kappa shape index (κ1) is 14.4. The number of hydrogen-bond donors (Lipinski definition) is 1. The summed E-state index contributed by atoms with van der Waals surface area (Å²) in [6.45, 7) is 0.589. The fourth-order valence-electron chi connectivity index (χ4n) is 1.63. The summed E-state index contributed by atoms with van der Waals surface area (Å²) in [4.78, 5) is 14.1. The lowest BCUT2D eigenvalue weighted by Crippen LogP contribution is -2.26. The van der Waals surface area contributed by atoms with Crippen molar-refractivity contribution in [2.45, 2.75) is 11.3 Å². The van der Waals surface area contributed by atoms with Crippen molar-refractivity contribution in [3.8, 4) is 6.07 Å². The summed E-state index contributed by atoms with van der Waals surface area (Å²) < 4.78 is 0.